The van der Waals surface area contributed by atoms with Crippen LogP contribution >= 0.6 is 8.53 Å². The number of nitrogens with one attached hydrogen (secondary N) is 1. The number of aromatic nitrogens is 2. The van der Waals surface area contributed by atoms with Crippen LogP contribution in [-0.2, 0) is 15.6 Å². The maximum Gasteiger partial charge on any atom is 0.328 e. The largest absolute Gasteiger partial charge is 0.328 e. The lowest BCUT2D eigenvalue weighted by atomic mass is 10.3. The van der Waals surface area contributed by atoms with Crippen LogP contribution < -0.4 is 11.2 Å². The Labute approximate surface area is 155 Å². The summed E-state index contributed by atoms with van der Waals surface area (Å²) in [4.78, 5) is 25.7. The molecule has 26 heavy (non-hydrogen) atoms. The zero-order valence-corrected chi connectivity index (χ0v) is 17.2. The molecule has 0 spiro atoms. The van der Waals surface area contributed by atoms with E-state index in [9.17, 15) is 9.59 Å². The van der Waals surface area contributed by atoms with Crippen LogP contribution in [0.2, 0.25) is 0 Å². The van der Waals surface area contributed by atoms with Crippen molar-refractivity contribution in [2.24, 2.45) is 0 Å². The fourth-order valence-corrected chi connectivity index (χ4v) is 4.19. The van der Waals surface area contributed by atoms with E-state index in [1.807, 2.05) is 6.92 Å². The smallest absolute Gasteiger partial charge is 0.321 e. The monoisotopic (exact) mass is 384 g/mol. The maximum atomic E-state index is 12.0. The van der Waals surface area contributed by atoms with Crippen molar-refractivity contribution in [3.8, 4) is 6.07 Å². The number of aryl methyl sites for hydroxylation is 1. The fourth-order valence-electron chi connectivity index (χ4n) is 2.51. The molecule has 1 heterocycles. The van der Waals surface area contributed by atoms with Gasteiger partial charge in [0.2, 0.25) is 0 Å². The Kier molecular flexibility index (Phi) is 9.17. The predicted molar refractivity (Wildman–Crippen MR) is 102 cm³/mol. The van der Waals surface area contributed by atoms with E-state index in [4.69, 9.17) is 14.3 Å². The summed E-state index contributed by atoms with van der Waals surface area (Å²) in [6.45, 7) is 12.3. The summed E-state index contributed by atoms with van der Waals surface area (Å²) < 4.78 is 15.5. The topological polar surface area (TPSA) is 100 Å². The Balaban J connectivity index is 2.92. The summed E-state index contributed by atoms with van der Waals surface area (Å²) in [7, 11) is -1.38. The number of aromatic amines is 1. The molecule has 0 radical (unpaired) electrons. The standard InChI is InChI=1S/C17H29N4O4P/c1-12(2)21(13(3)4)26(24-9-7-8-18)25-15(6)11-20-10-14(5)16(22)19-17(20)23/h10,12-13,15H,7,9,11H2,1-6H3,(H,19,22,23)/t15-,26?/m1/s1. The first kappa shape index (κ1) is 22.5. The highest BCUT2D eigenvalue weighted by molar-refractivity contribution is 7.44. The first-order valence-electron chi connectivity index (χ1n) is 8.72. The maximum absolute atomic E-state index is 12.0. The highest BCUT2D eigenvalue weighted by Crippen LogP contribution is 2.47. The van der Waals surface area contributed by atoms with Crippen LogP contribution in [0.1, 0.15) is 46.6 Å². The molecule has 0 amide bonds. The minimum absolute atomic E-state index is 0.202. The highest BCUT2D eigenvalue weighted by atomic mass is 31.2. The summed E-state index contributed by atoms with van der Waals surface area (Å²) in [6, 6.07) is 2.47. The Morgan fingerprint density at radius 2 is 1.88 bits per heavy atom. The van der Waals surface area contributed by atoms with Crippen LogP contribution in [0.5, 0.6) is 0 Å². The molecule has 0 aliphatic rings. The molecule has 1 unspecified atom stereocenters. The van der Waals surface area contributed by atoms with Crippen LogP contribution in [0.25, 0.3) is 0 Å². The van der Waals surface area contributed by atoms with E-state index < -0.39 is 14.2 Å². The summed E-state index contributed by atoms with van der Waals surface area (Å²) in [5.74, 6) is 0. The second kappa shape index (κ2) is 10.6. The SMILES string of the molecule is Cc1cn(C[C@@H](C)OP(OCCC#N)N(C(C)C)C(C)C)c(=O)[nH]c1=O. The van der Waals surface area contributed by atoms with Crippen LogP contribution in [-0.4, -0.2) is 39.0 Å². The van der Waals surface area contributed by atoms with Crippen molar-refractivity contribution in [2.75, 3.05) is 6.61 Å². The van der Waals surface area contributed by atoms with Gasteiger partial charge in [-0.1, -0.05) is 0 Å². The van der Waals surface area contributed by atoms with Crippen LogP contribution in [0, 0.1) is 18.3 Å². The minimum Gasteiger partial charge on any atom is -0.321 e. The highest BCUT2D eigenvalue weighted by Gasteiger charge is 2.28. The molecule has 1 rings (SSSR count). The average Bonchev–Trinajstić information content (AvgIpc) is 2.52. The molecular formula is C17H29N4O4P. The summed E-state index contributed by atoms with van der Waals surface area (Å²) in [5, 5.41) is 8.75. The quantitative estimate of drug-likeness (QED) is 0.491. The van der Waals surface area contributed by atoms with Crippen molar-refractivity contribution < 1.29 is 9.05 Å². The third-order valence-electron chi connectivity index (χ3n) is 3.58. The third-order valence-corrected chi connectivity index (χ3v) is 5.82. The molecule has 1 aromatic heterocycles. The van der Waals surface area contributed by atoms with E-state index in [1.54, 1.807) is 6.92 Å². The van der Waals surface area contributed by atoms with Gasteiger partial charge in [-0.15, -0.1) is 0 Å². The van der Waals surface area contributed by atoms with E-state index in [0.29, 0.717) is 25.1 Å². The predicted octanol–water partition coefficient (Wildman–Crippen LogP) is 2.53. The molecule has 9 heteroatoms. The van der Waals surface area contributed by atoms with E-state index in [0.717, 1.165) is 0 Å². The second-order valence-electron chi connectivity index (χ2n) is 6.69. The van der Waals surface area contributed by atoms with Crippen molar-refractivity contribution in [1.82, 2.24) is 14.2 Å². The van der Waals surface area contributed by atoms with Crippen molar-refractivity contribution in [2.45, 2.75) is 72.7 Å². The van der Waals surface area contributed by atoms with E-state index >= 15 is 0 Å². The molecule has 1 aromatic rings. The minimum atomic E-state index is -1.38. The van der Waals surface area contributed by atoms with Crippen molar-refractivity contribution in [1.29, 1.82) is 5.26 Å². The fraction of sp³-hybridized carbons (Fsp3) is 0.706. The van der Waals surface area contributed by atoms with Crippen LogP contribution in [0.3, 0.4) is 0 Å². The van der Waals surface area contributed by atoms with Gasteiger partial charge in [0.25, 0.3) is 14.1 Å². The number of hydrogen-bond acceptors (Lipinski definition) is 6. The molecule has 2 atom stereocenters. The number of nitrogens with zero attached hydrogens (tertiary/aromatic N) is 3. The Morgan fingerprint density at radius 3 is 2.42 bits per heavy atom. The Morgan fingerprint density at radius 1 is 1.27 bits per heavy atom. The third kappa shape index (κ3) is 6.65. The first-order chi connectivity index (χ1) is 12.2. The second-order valence-corrected chi connectivity index (χ2v) is 8.09. The van der Waals surface area contributed by atoms with Gasteiger partial charge in [0.15, 0.2) is 0 Å². The molecular weight excluding hydrogens is 355 g/mol. The van der Waals surface area contributed by atoms with Crippen LogP contribution in [0.4, 0.5) is 0 Å². The lowest BCUT2D eigenvalue weighted by Crippen LogP contribution is -2.36. The zero-order valence-electron chi connectivity index (χ0n) is 16.4. The molecule has 0 bridgehead atoms. The van der Waals surface area contributed by atoms with Crippen molar-refractivity contribution >= 4 is 8.53 Å². The summed E-state index contributed by atoms with van der Waals surface area (Å²) in [5.41, 5.74) is -0.377. The van der Waals surface area contributed by atoms with Crippen molar-refractivity contribution in [3.63, 3.8) is 0 Å². The summed E-state index contributed by atoms with van der Waals surface area (Å²) >= 11 is 0. The van der Waals surface area contributed by atoms with Gasteiger partial charge in [-0.05, 0) is 41.5 Å². The molecule has 0 saturated heterocycles. The van der Waals surface area contributed by atoms with E-state index in [1.165, 1.54) is 10.8 Å². The van der Waals surface area contributed by atoms with Gasteiger partial charge in [-0.3, -0.25) is 14.3 Å². The number of H-pyrrole nitrogens is 1. The Bertz CT molecular complexity index is 715. The lowest BCUT2D eigenvalue weighted by Gasteiger charge is -2.36. The van der Waals surface area contributed by atoms with Gasteiger partial charge in [0.05, 0.1) is 31.7 Å². The van der Waals surface area contributed by atoms with Gasteiger partial charge in [-0.25, -0.2) is 9.46 Å². The molecule has 8 nitrogen and oxygen atoms in total. The molecule has 0 aliphatic carbocycles. The van der Waals surface area contributed by atoms with Gasteiger partial charge >= 0.3 is 5.69 Å². The summed E-state index contributed by atoms with van der Waals surface area (Å²) in [6.07, 6.45) is 1.51. The molecule has 146 valence electrons. The van der Waals surface area contributed by atoms with E-state index in [-0.39, 0.29) is 23.7 Å². The molecule has 0 saturated carbocycles. The zero-order chi connectivity index (χ0) is 19.9. The number of rotatable bonds is 10. The molecule has 0 fully saturated rings. The van der Waals surface area contributed by atoms with Gasteiger partial charge < -0.3 is 9.05 Å². The molecule has 0 aliphatic heterocycles. The normalized spacial score (nSPS) is 14.0. The lowest BCUT2D eigenvalue weighted by molar-refractivity contribution is 0.130. The van der Waals surface area contributed by atoms with Gasteiger partial charge in [-0.2, -0.15) is 5.26 Å². The van der Waals surface area contributed by atoms with Gasteiger partial charge in [0.1, 0.15) is 0 Å². The Hall–Kier alpha value is -1.52. The molecule has 1 N–H and O–H groups in total. The van der Waals surface area contributed by atoms with Gasteiger partial charge in [0, 0.05) is 23.8 Å². The van der Waals surface area contributed by atoms with Crippen LogP contribution in [0.15, 0.2) is 15.8 Å². The number of nitriles is 1. The van der Waals surface area contributed by atoms with Crippen molar-refractivity contribution in [3.05, 3.63) is 32.6 Å². The first-order valence-corrected chi connectivity index (χ1v) is 9.85. The average molecular weight is 384 g/mol. The molecule has 0 aromatic carbocycles. The van der Waals surface area contributed by atoms with E-state index in [2.05, 4.69) is 43.4 Å². The number of hydrogen-bond donors (Lipinski definition) is 1.